The molecule has 2 N–H and O–H groups in total. The van der Waals surface area contributed by atoms with E-state index in [1.807, 2.05) is 31.2 Å². The third-order valence-corrected chi connectivity index (χ3v) is 4.62. The Bertz CT molecular complexity index is 731. The smallest absolute Gasteiger partial charge is 0.209 e. The summed E-state index contributed by atoms with van der Waals surface area (Å²) in [6, 6.07) is 11.2. The molecular formula is C15H18ClNO3S. The first-order chi connectivity index (χ1) is 9.90. The first kappa shape index (κ1) is 16.1. The van der Waals surface area contributed by atoms with Gasteiger partial charge in [0.1, 0.15) is 5.75 Å². The van der Waals surface area contributed by atoms with Crippen LogP contribution in [-0.2, 0) is 10.0 Å². The summed E-state index contributed by atoms with van der Waals surface area (Å²) in [4.78, 5) is 0. The molecule has 21 heavy (non-hydrogen) atoms. The molecule has 0 aliphatic carbocycles. The van der Waals surface area contributed by atoms with Gasteiger partial charge < -0.3 is 4.74 Å². The van der Waals surface area contributed by atoms with E-state index in [0.29, 0.717) is 23.8 Å². The lowest BCUT2D eigenvalue weighted by atomic mass is 10.1. The molecule has 0 saturated carbocycles. The maximum Gasteiger partial charge on any atom is 0.209 e. The van der Waals surface area contributed by atoms with Crippen LogP contribution in [0.5, 0.6) is 5.75 Å². The Morgan fingerprint density at radius 3 is 2.48 bits per heavy atom. The van der Waals surface area contributed by atoms with Crippen molar-refractivity contribution in [2.75, 3.05) is 12.4 Å². The standard InChI is InChI=1S/C15H18ClNO3S/c1-2-11(10-21(17,18)19)9-20-15-8-7-14(16)12-5-3-4-6-13(12)15/h3-8,11H,2,9-10H2,1H3,(H2,17,18,19). The first-order valence-corrected chi connectivity index (χ1v) is 8.80. The van der Waals surface area contributed by atoms with Gasteiger partial charge in [0.25, 0.3) is 0 Å². The molecule has 114 valence electrons. The lowest BCUT2D eigenvalue weighted by Gasteiger charge is -2.16. The van der Waals surface area contributed by atoms with Crippen molar-refractivity contribution < 1.29 is 13.2 Å². The molecule has 0 heterocycles. The van der Waals surface area contributed by atoms with Crippen LogP contribution < -0.4 is 9.88 Å². The van der Waals surface area contributed by atoms with E-state index in [1.54, 1.807) is 12.1 Å². The normalized spacial score (nSPS) is 13.3. The molecule has 4 nitrogen and oxygen atoms in total. The van der Waals surface area contributed by atoms with Crippen molar-refractivity contribution in [1.82, 2.24) is 0 Å². The van der Waals surface area contributed by atoms with Crippen LogP contribution in [0.1, 0.15) is 13.3 Å². The second-order valence-corrected chi connectivity index (χ2v) is 7.07. The van der Waals surface area contributed by atoms with Crippen LogP contribution in [0.4, 0.5) is 0 Å². The van der Waals surface area contributed by atoms with E-state index >= 15 is 0 Å². The largest absolute Gasteiger partial charge is 0.493 e. The van der Waals surface area contributed by atoms with Gasteiger partial charge >= 0.3 is 0 Å². The van der Waals surface area contributed by atoms with Crippen molar-refractivity contribution in [1.29, 1.82) is 0 Å². The summed E-state index contributed by atoms with van der Waals surface area (Å²) in [5, 5.41) is 7.58. The number of rotatable bonds is 6. The zero-order chi connectivity index (χ0) is 15.5. The number of primary sulfonamides is 1. The van der Waals surface area contributed by atoms with Crippen LogP contribution in [-0.4, -0.2) is 20.8 Å². The van der Waals surface area contributed by atoms with Crippen molar-refractivity contribution in [2.45, 2.75) is 13.3 Å². The van der Waals surface area contributed by atoms with Crippen molar-refractivity contribution >= 4 is 32.4 Å². The predicted octanol–water partition coefficient (Wildman–Crippen LogP) is 3.19. The van der Waals surface area contributed by atoms with Crippen molar-refractivity contribution in [3.8, 4) is 5.75 Å². The summed E-state index contributed by atoms with van der Waals surface area (Å²) in [5.41, 5.74) is 0. The van der Waals surface area contributed by atoms with E-state index < -0.39 is 10.0 Å². The van der Waals surface area contributed by atoms with E-state index in [9.17, 15) is 8.42 Å². The van der Waals surface area contributed by atoms with Crippen LogP contribution in [0, 0.1) is 5.92 Å². The van der Waals surface area contributed by atoms with Crippen LogP contribution in [0.2, 0.25) is 5.02 Å². The van der Waals surface area contributed by atoms with Crippen LogP contribution in [0.3, 0.4) is 0 Å². The summed E-state index contributed by atoms with van der Waals surface area (Å²) in [5.74, 6) is 0.493. The molecule has 0 radical (unpaired) electrons. The average molecular weight is 328 g/mol. The zero-order valence-corrected chi connectivity index (χ0v) is 13.3. The Labute approximate surface area is 129 Å². The molecule has 0 aromatic heterocycles. The fourth-order valence-electron chi connectivity index (χ4n) is 2.18. The first-order valence-electron chi connectivity index (χ1n) is 6.71. The summed E-state index contributed by atoms with van der Waals surface area (Å²) in [7, 11) is -3.49. The highest BCUT2D eigenvalue weighted by atomic mass is 35.5. The van der Waals surface area contributed by atoms with Crippen LogP contribution in [0.15, 0.2) is 36.4 Å². The maximum absolute atomic E-state index is 11.2. The zero-order valence-electron chi connectivity index (χ0n) is 11.8. The number of benzene rings is 2. The van der Waals surface area contributed by atoms with Gasteiger partial charge in [-0.25, -0.2) is 13.6 Å². The molecular weight excluding hydrogens is 310 g/mol. The number of sulfonamides is 1. The van der Waals surface area contributed by atoms with Gasteiger partial charge in [-0.15, -0.1) is 0 Å². The molecule has 0 amide bonds. The van der Waals surface area contributed by atoms with E-state index in [2.05, 4.69) is 0 Å². The van der Waals surface area contributed by atoms with Gasteiger partial charge in [-0.2, -0.15) is 0 Å². The molecule has 0 aliphatic rings. The molecule has 2 aromatic carbocycles. The molecule has 2 rings (SSSR count). The fourth-order valence-corrected chi connectivity index (χ4v) is 3.40. The minimum Gasteiger partial charge on any atom is -0.493 e. The van der Waals surface area contributed by atoms with Gasteiger partial charge in [-0.05, 0) is 18.6 Å². The van der Waals surface area contributed by atoms with E-state index in [-0.39, 0.29) is 11.7 Å². The monoisotopic (exact) mass is 327 g/mol. The maximum atomic E-state index is 11.2. The Morgan fingerprint density at radius 1 is 1.19 bits per heavy atom. The van der Waals surface area contributed by atoms with Crippen molar-refractivity contribution in [3.05, 3.63) is 41.4 Å². The van der Waals surface area contributed by atoms with Gasteiger partial charge in [0.15, 0.2) is 0 Å². The third kappa shape index (κ3) is 4.33. The topological polar surface area (TPSA) is 69.4 Å². The van der Waals surface area contributed by atoms with E-state index in [1.165, 1.54) is 0 Å². The van der Waals surface area contributed by atoms with Crippen LogP contribution in [0.25, 0.3) is 10.8 Å². The lowest BCUT2D eigenvalue weighted by Crippen LogP contribution is -2.26. The summed E-state index contributed by atoms with van der Waals surface area (Å²) >= 11 is 6.15. The average Bonchev–Trinajstić information content (AvgIpc) is 2.44. The highest BCUT2D eigenvalue weighted by Crippen LogP contribution is 2.31. The van der Waals surface area contributed by atoms with Gasteiger partial charge in [0.05, 0.1) is 12.4 Å². The molecule has 0 bridgehead atoms. The molecule has 0 aliphatic heterocycles. The highest BCUT2D eigenvalue weighted by molar-refractivity contribution is 7.89. The molecule has 2 aromatic rings. The fraction of sp³-hybridized carbons (Fsp3) is 0.333. The van der Waals surface area contributed by atoms with Gasteiger partial charge in [-0.3, -0.25) is 0 Å². The Kier molecular flexibility index (Phi) is 5.08. The number of ether oxygens (including phenoxy) is 1. The van der Waals surface area contributed by atoms with Gasteiger partial charge in [0, 0.05) is 21.7 Å². The molecule has 1 atom stereocenters. The highest BCUT2D eigenvalue weighted by Gasteiger charge is 2.15. The number of halogens is 1. The summed E-state index contributed by atoms with van der Waals surface area (Å²) in [6.45, 7) is 2.22. The quantitative estimate of drug-likeness (QED) is 0.885. The molecule has 6 heteroatoms. The minimum absolute atomic E-state index is 0.0744. The number of hydrogen-bond acceptors (Lipinski definition) is 3. The van der Waals surface area contributed by atoms with E-state index in [4.69, 9.17) is 21.5 Å². The number of hydrogen-bond donors (Lipinski definition) is 1. The predicted molar refractivity (Wildman–Crippen MR) is 86.2 cm³/mol. The van der Waals surface area contributed by atoms with Gasteiger partial charge in [0.2, 0.25) is 10.0 Å². The second-order valence-electron chi connectivity index (χ2n) is 5.01. The van der Waals surface area contributed by atoms with Crippen LogP contribution >= 0.6 is 11.6 Å². The Hall–Kier alpha value is -1.30. The lowest BCUT2D eigenvalue weighted by molar-refractivity contribution is 0.260. The Morgan fingerprint density at radius 2 is 1.86 bits per heavy atom. The van der Waals surface area contributed by atoms with Crippen molar-refractivity contribution in [2.24, 2.45) is 11.1 Å². The minimum atomic E-state index is -3.49. The SMILES string of the molecule is CCC(COc1ccc(Cl)c2ccccc12)CS(N)(=O)=O. The molecule has 1 unspecified atom stereocenters. The van der Waals surface area contributed by atoms with E-state index in [0.717, 1.165) is 10.8 Å². The number of nitrogens with two attached hydrogens (primary N) is 1. The summed E-state index contributed by atoms with van der Waals surface area (Å²) in [6.07, 6.45) is 0.682. The van der Waals surface area contributed by atoms with Gasteiger partial charge in [-0.1, -0.05) is 42.8 Å². The Balaban J connectivity index is 2.19. The molecule has 0 spiro atoms. The number of fused-ring (bicyclic) bond motifs is 1. The second kappa shape index (κ2) is 6.64. The molecule has 0 fully saturated rings. The summed E-state index contributed by atoms with van der Waals surface area (Å²) < 4.78 is 28.1. The third-order valence-electron chi connectivity index (χ3n) is 3.35. The molecule has 0 saturated heterocycles. The van der Waals surface area contributed by atoms with Crippen molar-refractivity contribution in [3.63, 3.8) is 0 Å².